The first-order valence-corrected chi connectivity index (χ1v) is 6.03. The minimum atomic E-state index is -4.39. The van der Waals surface area contributed by atoms with E-state index in [-0.39, 0.29) is 5.82 Å². The van der Waals surface area contributed by atoms with Gasteiger partial charge in [-0.3, -0.25) is 0 Å². The maximum Gasteiger partial charge on any atom is 0.433 e. The van der Waals surface area contributed by atoms with E-state index in [2.05, 4.69) is 10.3 Å². The van der Waals surface area contributed by atoms with Crippen LogP contribution in [0.2, 0.25) is 0 Å². The lowest BCUT2D eigenvalue weighted by molar-refractivity contribution is -0.141. The second-order valence-corrected chi connectivity index (χ2v) is 4.61. The molecule has 0 radical (unpaired) electrons. The molecular formula is C10H13F3N2S. The molecule has 0 aliphatic carbocycles. The monoisotopic (exact) mass is 250 g/mol. The fourth-order valence-corrected chi connectivity index (χ4v) is 1.27. The third-order valence-corrected chi connectivity index (χ3v) is 2.98. The lowest BCUT2D eigenvalue weighted by Gasteiger charge is -2.12. The molecule has 0 spiro atoms. The zero-order valence-electron chi connectivity index (χ0n) is 9.01. The van der Waals surface area contributed by atoms with Crippen LogP contribution in [-0.4, -0.2) is 23.0 Å². The van der Waals surface area contributed by atoms with E-state index in [1.54, 1.807) is 11.8 Å². The highest BCUT2D eigenvalue weighted by molar-refractivity contribution is 7.99. The van der Waals surface area contributed by atoms with E-state index in [0.717, 1.165) is 6.07 Å². The van der Waals surface area contributed by atoms with Crippen LogP contribution in [0.15, 0.2) is 18.2 Å². The Morgan fingerprint density at radius 3 is 2.69 bits per heavy atom. The third-order valence-electron chi connectivity index (χ3n) is 2.01. The summed E-state index contributed by atoms with van der Waals surface area (Å²) >= 11 is 1.64. The molecule has 0 bridgehead atoms. The van der Waals surface area contributed by atoms with E-state index < -0.39 is 11.9 Å². The highest BCUT2D eigenvalue weighted by Gasteiger charge is 2.32. The van der Waals surface area contributed by atoms with Crippen LogP contribution in [0.3, 0.4) is 0 Å². The number of nitrogens with one attached hydrogen (secondary N) is 1. The maximum absolute atomic E-state index is 12.3. The van der Waals surface area contributed by atoms with E-state index in [4.69, 9.17) is 0 Å². The number of halogens is 3. The summed E-state index contributed by atoms with van der Waals surface area (Å²) in [5.41, 5.74) is -0.866. The Labute approximate surface area is 96.6 Å². The van der Waals surface area contributed by atoms with Crippen molar-refractivity contribution in [3.8, 4) is 0 Å². The Hall–Kier alpha value is -0.910. The van der Waals surface area contributed by atoms with Gasteiger partial charge in [-0.15, -0.1) is 0 Å². The van der Waals surface area contributed by atoms with E-state index in [9.17, 15) is 13.2 Å². The standard InChI is InChI=1S/C10H13F3N2S/c1-7(16-2)6-14-9-5-3-4-8(15-9)10(11,12)13/h3-5,7H,6H2,1-2H3,(H,14,15). The summed E-state index contributed by atoms with van der Waals surface area (Å²) in [6, 6.07) is 3.84. The molecule has 1 N–H and O–H groups in total. The number of thioether (sulfide) groups is 1. The summed E-state index contributed by atoms with van der Waals surface area (Å²) in [7, 11) is 0. The molecule has 1 unspecified atom stereocenters. The van der Waals surface area contributed by atoms with Crippen molar-refractivity contribution in [3.63, 3.8) is 0 Å². The fraction of sp³-hybridized carbons (Fsp3) is 0.500. The number of anilines is 1. The Balaban J connectivity index is 2.68. The van der Waals surface area contributed by atoms with Crippen molar-refractivity contribution in [2.24, 2.45) is 0 Å². The number of aromatic nitrogens is 1. The first-order valence-electron chi connectivity index (χ1n) is 4.74. The van der Waals surface area contributed by atoms with Crippen LogP contribution in [0.1, 0.15) is 12.6 Å². The molecule has 16 heavy (non-hydrogen) atoms. The number of hydrogen-bond donors (Lipinski definition) is 1. The first-order chi connectivity index (χ1) is 7.43. The minimum Gasteiger partial charge on any atom is -0.369 e. The molecular weight excluding hydrogens is 237 g/mol. The molecule has 0 amide bonds. The van der Waals surface area contributed by atoms with Crippen LogP contribution in [0, 0.1) is 0 Å². The van der Waals surface area contributed by atoms with Crippen LogP contribution in [0.4, 0.5) is 19.0 Å². The summed E-state index contributed by atoms with van der Waals surface area (Å²) < 4.78 is 37.0. The topological polar surface area (TPSA) is 24.9 Å². The molecule has 2 nitrogen and oxygen atoms in total. The van der Waals surface area contributed by atoms with Crippen LogP contribution < -0.4 is 5.32 Å². The molecule has 1 aromatic heterocycles. The summed E-state index contributed by atoms with van der Waals surface area (Å²) in [4.78, 5) is 3.50. The van der Waals surface area contributed by atoms with Gasteiger partial charge in [0.05, 0.1) is 0 Å². The molecule has 0 fully saturated rings. The Morgan fingerprint density at radius 2 is 2.12 bits per heavy atom. The minimum absolute atomic E-state index is 0.260. The lowest BCUT2D eigenvalue weighted by atomic mass is 10.3. The molecule has 1 atom stereocenters. The third kappa shape index (κ3) is 3.92. The molecule has 90 valence electrons. The van der Waals surface area contributed by atoms with E-state index in [0.29, 0.717) is 11.8 Å². The van der Waals surface area contributed by atoms with Gasteiger partial charge in [-0.1, -0.05) is 13.0 Å². The molecule has 1 aromatic rings. The molecule has 0 aromatic carbocycles. The Morgan fingerprint density at radius 1 is 1.44 bits per heavy atom. The molecule has 6 heteroatoms. The highest BCUT2D eigenvalue weighted by atomic mass is 32.2. The molecule has 1 heterocycles. The predicted molar refractivity (Wildman–Crippen MR) is 60.7 cm³/mol. The van der Waals surface area contributed by atoms with Crippen LogP contribution in [-0.2, 0) is 6.18 Å². The van der Waals surface area contributed by atoms with Gasteiger partial charge in [0.2, 0.25) is 0 Å². The number of rotatable bonds is 4. The SMILES string of the molecule is CSC(C)CNc1cccc(C(F)(F)F)n1. The zero-order chi connectivity index (χ0) is 12.2. The summed E-state index contributed by atoms with van der Waals surface area (Å²) in [5, 5.41) is 3.21. The summed E-state index contributed by atoms with van der Waals surface area (Å²) in [5.74, 6) is 0.260. The summed E-state index contributed by atoms with van der Waals surface area (Å²) in [6.07, 6.45) is -2.44. The largest absolute Gasteiger partial charge is 0.433 e. The van der Waals surface area contributed by atoms with E-state index >= 15 is 0 Å². The van der Waals surface area contributed by atoms with Crippen molar-refractivity contribution in [1.82, 2.24) is 4.98 Å². The van der Waals surface area contributed by atoms with E-state index in [1.165, 1.54) is 12.1 Å². The predicted octanol–water partition coefficient (Wildman–Crippen LogP) is 3.26. The average molecular weight is 250 g/mol. The Kier molecular flexibility index (Phi) is 4.46. The number of pyridine rings is 1. The van der Waals surface area contributed by atoms with Gasteiger partial charge in [0, 0.05) is 11.8 Å². The van der Waals surface area contributed by atoms with Crippen LogP contribution in [0.5, 0.6) is 0 Å². The van der Waals surface area contributed by atoms with Crippen molar-refractivity contribution in [3.05, 3.63) is 23.9 Å². The number of alkyl halides is 3. The maximum atomic E-state index is 12.3. The molecule has 0 aliphatic heterocycles. The van der Waals surface area contributed by atoms with Crippen LogP contribution in [0.25, 0.3) is 0 Å². The van der Waals surface area contributed by atoms with Gasteiger partial charge >= 0.3 is 6.18 Å². The lowest BCUT2D eigenvalue weighted by Crippen LogP contribution is -2.15. The van der Waals surface area contributed by atoms with Gasteiger partial charge in [-0.25, -0.2) is 4.98 Å². The van der Waals surface area contributed by atoms with Gasteiger partial charge in [0.15, 0.2) is 0 Å². The van der Waals surface area contributed by atoms with Crippen molar-refractivity contribution >= 4 is 17.6 Å². The Bertz CT molecular complexity index is 341. The molecule has 0 aliphatic rings. The zero-order valence-corrected chi connectivity index (χ0v) is 9.82. The van der Waals surface area contributed by atoms with Crippen molar-refractivity contribution < 1.29 is 13.2 Å². The van der Waals surface area contributed by atoms with Crippen molar-refractivity contribution in [2.75, 3.05) is 18.1 Å². The number of hydrogen-bond acceptors (Lipinski definition) is 3. The summed E-state index contributed by atoms with van der Waals surface area (Å²) in [6.45, 7) is 2.58. The van der Waals surface area contributed by atoms with Crippen LogP contribution >= 0.6 is 11.8 Å². The molecule has 0 saturated carbocycles. The average Bonchev–Trinajstić information content (AvgIpc) is 2.25. The molecule has 0 saturated heterocycles. The van der Waals surface area contributed by atoms with Gasteiger partial charge in [-0.2, -0.15) is 24.9 Å². The van der Waals surface area contributed by atoms with Crippen molar-refractivity contribution in [1.29, 1.82) is 0 Å². The normalized spacial score (nSPS) is 13.6. The highest BCUT2D eigenvalue weighted by Crippen LogP contribution is 2.28. The van der Waals surface area contributed by atoms with Crippen molar-refractivity contribution in [2.45, 2.75) is 18.3 Å². The van der Waals surface area contributed by atoms with Gasteiger partial charge in [-0.05, 0) is 18.4 Å². The fourth-order valence-electron chi connectivity index (χ4n) is 1.02. The quantitative estimate of drug-likeness (QED) is 0.887. The first kappa shape index (κ1) is 13.2. The smallest absolute Gasteiger partial charge is 0.369 e. The second kappa shape index (κ2) is 5.43. The van der Waals surface area contributed by atoms with E-state index in [1.807, 2.05) is 13.2 Å². The molecule has 1 rings (SSSR count). The van der Waals surface area contributed by atoms with Gasteiger partial charge < -0.3 is 5.32 Å². The van der Waals surface area contributed by atoms with Gasteiger partial charge in [0.25, 0.3) is 0 Å². The second-order valence-electron chi connectivity index (χ2n) is 3.33. The number of nitrogens with zero attached hydrogens (tertiary/aromatic N) is 1. The van der Waals surface area contributed by atoms with Gasteiger partial charge in [0.1, 0.15) is 11.5 Å².